The molecule has 40 heavy (non-hydrogen) atoms. The molecule has 8 nitrogen and oxygen atoms in total. The number of nitrogens with one attached hydrogen (secondary N) is 3. The van der Waals surface area contributed by atoms with E-state index < -0.39 is 0 Å². The Bertz CT molecular complexity index is 1910. The molecule has 0 aliphatic heterocycles. The minimum atomic E-state index is -0.360. The van der Waals surface area contributed by atoms with E-state index in [9.17, 15) is 9.18 Å². The second-order valence-corrected chi connectivity index (χ2v) is 10.1. The average molecular weight is 533 g/mol. The van der Waals surface area contributed by atoms with E-state index in [2.05, 4.69) is 30.5 Å². The minimum absolute atomic E-state index is 0.0422. The monoisotopic (exact) mass is 532 g/mol. The largest absolute Gasteiger partial charge is 0.497 e. The van der Waals surface area contributed by atoms with Crippen LogP contribution < -0.4 is 10.1 Å². The molecule has 0 bridgehead atoms. The third-order valence-electron chi connectivity index (χ3n) is 7.56. The molecule has 1 saturated carbocycles. The molecule has 4 heterocycles. The molecule has 1 aliphatic carbocycles. The summed E-state index contributed by atoms with van der Waals surface area (Å²) in [6, 6.07) is 16.4. The van der Waals surface area contributed by atoms with Gasteiger partial charge in [0.05, 0.1) is 42.1 Å². The first kappa shape index (κ1) is 24.0. The lowest BCUT2D eigenvalue weighted by molar-refractivity contribution is -0.122. The van der Waals surface area contributed by atoms with Crippen LogP contribution in [0, 0.1) is 11.7 Å². The van der Waals surface area contributed by atoms with Gasteiger partial charge in [-0.25, -0.2) is 4.39 Å². The summed E-state index contributed by atoms with van der Waals surface area (Å²) in [6.45, 7) is 0. The summed E-state index contributed by atoms with van der Waals surface area (Å²) in [5, 5.41) is 12.5. The van der Waals surface area contributed by atoms with Gasteiger partial charge in [0.2, 0.25) is 5.91 Å². The highest BCUT2D eigenvalue weighted by molar-refractivity contribution is 6.01. The summed E-state index contributed by atoms with van der Waals surface area (Å²) >= 11 is 0. The first-order valence-corrected chi connectivity index (χ1v) is 13.1. The minimum Gasteiger partial charge on any atom is -0.497 e. The van der Waals surface area contributed by atoms with Gasteiger partial charge in [-0.15, -0.1) is 0 Å². The number of anilines is 1. The maximum absolute atomic E-state index is 14.3. The van der Waals surface area contributed by atoms with Crippen molar-refractivity contribution in [2.45, 2.75) is 19.3 Å². The van der Waals surface area contributed by atoms with Crippen LogP contribution in [-0.2, 0) is 4.79 Å². The first-order chi connectivity index (χ1) is 19.6. The predicted molar refractivity (Wildman–Crippen MR) is 152 cm³/mol. The number of nitrogens with zero attached hydrogens (tertiary/aromatic N) is 3. The van der Waals surface area contributed by atoms with Gasteiger partial charge in [0.1, 0.15) is 17.3 Å². The Hall–Kier alpha value is -5.05. The number of carbonyl (C=O) groups is 1. The predicted octanol–water partition coefficient (Wildman–Crippen LogP) is 6.72. The number of hydrogen-bond donors (Lipinski definition) is 3. The fraction of sp³-hybridized carbons (Fsp3) is 0.161. The molecule has 1 amide bonds. The molecule has 0 spiro atoms. The van der Waals surface area contributed by atoms with Crippen molar-refractivity contribution in [3.63, 3.8) is 0 Å². The third-order valence-corrected chi connectivity index (χ3v) is 7.56. The number of aromatic amines is 2. The van der Waals surface area contributed by atoms with Crippen LogP contribution in [-0.4, -0.2) is 38.2 Å². The topological polar surface area (TPSA) is 109 Å². The van der Waals surface area contributed by atoms with Gasteiger partial charge in [0.15, 0.2) is 0 Å². The number of amides is 1. The number of benzene rings is 2. The fourth-order valence-electron chi connectivity index (χ4n) is 5.21. The number of pyridine rings is 2. The fourth-order valence-corrected chi connectivity index (χ4v) is 5.21. The third kappa shape index (κ3) is 4.25. The van der Waals surface area contributed by atoms with Crippen LogP contribution >= 0.6 is 0 Å². The highest BCUT2D eigenvalue weighted by Gasteiger charge is 2.25. The number of rotatable bonds is 6. The Morgan fingerprint density at radius 3 is 2.73 bits per heavy atom. The van der Waals surface area contributed by atoms with Crippen molar-refractivity contribution in [3.05, 3.63) is 79.0 Å². The summed E-state index contributed by atoms with van der Waals surface area (Å²) in [7, 11) is 1.52. The van der Waals surface area contributed by atoms with Crippen molar-refractivity contribution in [2.75, 3.05) is 12.4 Å². The molecule has 0 radical (unpaired) electrons. The standard InChI is InChI=1S/C31H25FN6O2/c1-40-22-10-18(8-20(32)11-22)23-6-3-7-26-24(23)12-28(36-26)30-25-13-27(34-16-29(25)37-38-30)19-9-21(15-33-14-19)35-31(39)17-4-2-5-17/h3,6-17,36H,2,4-5H2,1H3,(H,35,39)(H,37,38). The maximum atomic E-state index is 14.3. The Labute approximate surface area is 228 Å². The summed E-state index contributed by atoms with van der Waals surface area (Å²) < 4.78 is 19.6. The molecule has 1 fully saturated rings. The number of methoxy groups -OCH3 is 1. The number of aromatic nitrogens is 5. The molecule has 9 heteroatoms. The lowest BCUT2D eigenvalue weighted by Crippen LogP contribution is -2.28. The van der Waals surface area contributed by atoms with Crippen LogP contribution in [0.15, 0.2) is 73.2 Å². The van der Waals surface area contributed by atoms with Crippen molar-refractivity contribution in [2.24, 2.45) is 5.92 Å². The lowest BCUT2D eigenvalue weighted by Gasteiger charge is -2.24. The van der Waals surface area contributed by atoms with Gasteiger partial charge in [-0.3, -0.25) is 19.9 Å². The molecule has 6 aromatic rings. The average Bonchev–Trinajstić information content (AvgIpc) is 3.55. The molecule has 0 unspecified atom stereocenters. The van der Waals surface area contributed by atoms with Crippen molar-refractivity contribution in [1.82, 2.24) is 25.1 Å². The van der Waals surface area contributed by atoms with Gasteiger partial charge in [-0.1, -0.05) is 18.6 Å². The van der Waals surface area contributed by atoms with Crippen LogP contribution in [0.5, 0.6) is 5.75 Å². The van der Waals surface area contributed by atoms with E-state index >= 15 is 0 Å². The number of halogens is 1. The first-order valence-electron chi connectivity index (χ1n) is 13.1. The molecule has 7 rings (SSSR count). The maximum Gasteiger partial charge on any atom is 0.227 e. The Morgan fingerprint density at radius 1 is 1.00 bits per heavy atom. The van der Waals surface area contributed by atoms with E-state index in [1.165, 1.54) is 19.2 Å². The van der Waals surface area contributed by atoms with Gasteiger partial charge in [-0.2, -0.15) is 5.10 Å². The lowest BCUT2D eigenvalue weighted by atomic mass is 9.85. The number of hydrogen-bond acceptors (Lipinski definition) is 5. The zero-order valence-electron chi connectivity index (χ0n) is 21.7. The summed E-state index contributed by atoms with van der Waals surface area (Å²) in [5.74, 6) is 0.232. The van der Waals surface area contributed by atoms with E-state index in [1.54, 1.807) is 18.6 Å². The summed E-state index contributed by atoms with van der Waals surface area (Å²) in [6.07, 6.45) is 8.10. The quantitative estimate of drug-likeness (QED) is 0.221. The van der Waals surface area contributed by atoms with Crippen molar-refractivity contribution in [1.29, 1.82) is 0 Å². The molecule has 0 atom stereocenters. The molecule has 4 aromatic heterocycles. The number of carbonyl (C=O) groups excluding carboxylic acids is 1. The van der Waals surface area contributed by atoms with Gasteiger partial charge in [-0.05, 0) is 60.4 Å². The van der Waals surface area contributed by atoms with E-state index in [0.29, 0.717) is 17.1 Å². The van der Waals surface area contributed by atoms with Crippen LogP contribution in [0.4, 0.5) is 10.1 Å². The van der Waals surface area contributed by atoms with Crippen molar-refractivity contribution >= 4 is 33.4 Å². The smallest absolute Gasteiger partial charge is 0.227 e. The van der Waals surface area contributed by atoms with Crippen LogP contribution in [0.2, 0.25) is 0 Å². The number of ether oxygens (including phenoxy) is 1. The highest BCUT2D eigenvalue weighted by Crippen LogP contribution is 2.36. The van der Waals surface area contributed by atoms with E-state index in [-0.39, 0.29) is 17.6 Å². The van der Waals surface area contributed by atoms with Crippen molar-refractivity contribution < 1.29 is 13.9 Å². The van der Waals surface area contributed by atoms with E-state index in [4.69, 9.17) is 4.74 Å². The Morgan fingerprint density at radius 2 is 1.90 bits per heavy atom. The summed E-state index contributed by atoms with van der Waals surface area (Å²) in [4.78, 5) is 24.8. The van der Waals surface area contributed by atoms with Crippen LogP contribution in [0.1, 0.15) is 19.3 Å². The van der Waals surface area contributed by atoms with Gasteiger partial charge >= 0.3 is 0 Å². The molecular weight excluding hydrogens is 507 g/mol. The zero-order chi connectivity index (χ0) is 27.2. The Kier molecular flexibility index (Phi) is 5.77. The van der Waals surface area contributed by atoms with Crippen molar-refractivity contribution in [3.8, 4) is 39.5 Å². The molecule has 3 N–H and O–H groups in total. The SMILES string of the molecule is COc1cc(F)cc(-c2cccc3[nH]c(-c4n[nH]c5cnc(-c6cncc(NC(=O)C7CCC7)c6)cc45)cc23)c1. The molecule has 198 valence electrons. The van der Waals surface area contributed by atoms with Crippen LogP contribution in [0.3, 0.4) is 0 Å². The van der Waals surface area contributed by atoms with Gasteiger partial charge in [0.25, 0.3) is 0 Å². The normalized spacial score (nSPS) is 13.4. The number of H-pyrrole nitrogens is 2. The van der Waals surface area contributed by atoms with Gasteiger partial charge in [0, 0.05) is 40.0 Å². The second-order valence-electron chi connectivity index (χ2n) is 10.1. The number of fused-ring (bicyclic) bond motifs is 2. The molecule has 2 aromatic carbocycles. The summed E-state index contributed by atoms with van der Waals surface area (Å²) in [5.41, 5.74) is 7.00. The molecular formula is C31H25FN6O2. The van der Waals surface area contributed by atoms with Gasteiger partial charge < -0.3 is 15.0 Å². The van der Waals surface area contributed by atoms with E-state index in [0.717, 1.165) is 69.1 Å². The highest BCUT2D eigenvalue weighted by atomic mass is 19.1. The second kappa shape index (κ2) is 9.60. The molecule has 1 aliphatic rings. The van der Waals surface area contributed by atoms with Crippen LogP contribution in [0.25, 0.3) is 55.6 Å². The zero-order valence-corrected chi connectivity index (χ0v) is 21.7. The molecule has 0 saturated heterocycles. The Balaban J connectivity index is 1.26. The van der Waals surface area contributed by atoms with E-state index in [1.807, 2.05) is 42.5 Å².